The number of carbonyl (C=O) groups excluding carboxylic acids is 1. The van der Waals surface area contributed by atoms with Gasteiger partial charge in [0, 0.05) is 11.1 Å². The fourth-order valence-corrected chi connectivity index (χ4v) is 2.07. The molecule has 0 saturated carbocycles. The maximum atomic E-state index is 13.5. The Labute approximate surface area is 138 Å². The third kappa shape index (κ3) is 4.47. The summed E-state index contributed by atoms with van der Waals surface area (Å²) in [4.78, 5) is 11.9. The molecule has 0 heterocycles. The Morgan fingerprint density at radius 2 is 1.87 bits per heavy atom. The number of anilines is 1. The summed E-state index contributed by atoms with van der Waals surface area (Å²) >= 11 is 5.77. The molecule has 1 N–H and O–H groups in total. The van der Waals surface area contributed by atoms with Crippen LogP contribution >= 0.6 is 11.6 Å². The maximum Gasteiger partial charge on any atom is 0.248 e. The number of methoxy groups -OCH3 is 2. The van der Waals surface area contributed by atoms with Gasteiger partial charge in [0.15, 0.2) is 11.5 Å². The van der Waals surface area contributed by atoms with Crippen molar-refractivity contribution in [1.82, 2.24) is 0 Å². The van der Waals surface area contributed by atoms with Crippen LogP contribution in [0.3, 0.4) is 0 Å². The standard InChI is InChI=1S/C17H15ClFNO3/c1-22-15-7-3-11(9-16(15)23-2)4-8-17(21)20-14-10-12(18)5-6-13(14)19/h3-10H,1-2H3,(H,20,21)/b8-4+. The van der Waals surface area contributed by atoms with Crippen molar-refractivity contribution in [3.8, 4) is 11.5 Å². The molecule has 2 aromatic carbocycles. The zero-order valence-electron chi connectivity index (χ0n) is 12.6. The number of rotatable bonds is 5. The molecular weight excluding hydrogens is 321 g/mol. The third-order valence-corrected chi connectivity index (χ3v) is 3.26. The van der Waals surface area contributed by atoms with Crippen molar-refractivity contribution in [3.63, 3.8) is 0 Å². The summed E-state index contributed by atoms with van der Waals surface area (Å²) < 4.78 is 23.9. The van der Waals surface area contributed by atoms with Crippen molar-refractivity contribution in [2.75, 3.05) is 19.5 Å². The predicted octanol–water partition coefficient (Wildman–Crippen LogP) is 4.15. The molecule has 0 saturated heterocycles. The number of halogens is 2. The van der Waals surface area contributed by atoms with Gasteiger partial charge in [0.2, 0.25) is 5.91 Å². The average Bonchev–Trinajstić information content (AvgIpc) is 2.56. The molecule has 0 unspecified atom stereocenters. The number of benzene rings is 2. The van der Waals surface area contributed by atoms with E-state index in [4.69, 9.17) is 21.1 Å². The van der Waals surface area contributed by atoms with Crippen LogP contribution in [-0.2, 0) is 4.79 Å². The highest BCUT2D eigenvalue weighted by atomic mass is 35.5. The summed E-state index contributed by atoms with van der Waals surface area (Å²) in [5, 5.41) is 2.77. The number of nitrogens with one attached hydrogen (secondary N) is 1. The van der Waals surface area contributed by atoms with Crippen LogP contribution in [0.25, 0.3) is 6.08 Å². The minimum atomic E-state index is -0.553. The van der Waals surface area contributed by atoms with Crippen molar-refractivity contribution >= 4 is 29.3 Å². The fourth-order valence-electron chi connectivity index (χ4n) is 1.90. The smallest absolute Gasteiger partial charge is 0.248 e. The molecule has 0 radical (unpaired) electrons. The van der Waals surface area contributed by atoms with E-state index in [1.54, 1.807) is 31.4 Å². The first-order valence-electron chi connectivity index (χ1n) is 6.69. The van der Waals surface area contributed by atoms with Gasteiger partial charge in [-0.25, -0.2) is 4.39 Å². The molecule has 1 amide bonds. The van der Waals surface area contributed by atoms with E-state index < -0.39 is 11.7 Å². The zero-order valence-corrected chi connectivity index (χ0v) is 13.4. The molecule has 0 spiro atoms. The lowest BCUT2D eigenvalue weighted by molar-refractivity contribution is -0.111. The SMILES string of the molecule is COc1ccc(/C=C/C(=O)Nc2cc(Cl)ccc2F)cc1OC. The minimum absolute atomic E-state index is 0.0273. The zero-order chi connectivity index (χ0) is 16.8. The first-order chi connectivity index (χ1) is 11.0. The average molecular weight is 336 g/mol. The Kier molecular flexibility index (Phi) is 5.60. The van der Waals surface area contributed by atoms with E-state index in [1.165, 1.54) is 31.4 Å². The van der Waals surface area contributed by atoms with Crippen LogP contribution in [0.1, 0.15) is 5.56 Å². The van der Waals surface area contributed by atoms with Crippen molar-refractivity contribution in [2.24, 2.45) is 0 Å². The lowest BCUT2D eigenvalue weighted by atomic mass is 10.2. The van der Waals surface area contributed by atoms with Crippen LogP contribution in [-0.4, -0.2) is 20.1 Å². The molecule has 0 bridgehead atoms. The number of ether oxygens (including phenoxy) is 2. The highest BCUT2D eigenvalue weighted by Crippen LogP contribution is 2.28. The molecule has 23 heavy (non-hydrogen) atoms. The van der Waals surface area contributed by atoms with E-state index >= 15 is 0 Å². The Bertz CT molecular complexity index is 747. The number of hydrogen-bond donors (Lipinski definition) is 1. The maximum absolute atomic E-state index is 13.5. The van der Waals surface area contributed by atoms with Crippen LogP contribution in [0.2, 0.25) is 5.02 Å². The van der Waals surface area contributed by atoms with E-state index in [-0.39, 0.29) is 5.69 Å². The number of hydrogen-bond acceptors (Lipinski definition) is 3. The van der Waals surface area contributed by atoms with E-state index in [9.17, 15) is 9.18 Å². The van der Waals surface area contributed by atoms with Crippen LogP contribution in [0.4, 0.5) is 10.1 Å². The van der Waals surface area contributed by atoms with Gasteiger partial charge in [-0.1, -0.05) is 17.7 Å². The van der Waals surface area contributed by atoms with Crippen molar-refractivity contribution < 1.29 is 18.7 Å². The summed E-state index contributed by atoms with van der Waals surface area (Å²) in [5.41, 5.74) is 0.767. The largest absolute Gasteiger partial charge is 0.493 e. The molecular formula is C17H15ClFNO3. The molecule has 0 aliphatic rings. The first kappa shape index (κ1) is 16.8. The Morgan fingerprint density at radius 3 is 2.57 bits per heavy atom. The van der Waals surface area contributed by atoms with E-state index in [1.807, 2.05) is 0 Å². The Hall–Kier alpha value is -2.53. The normalized spacial score (nSPS) is 10.6. The molecule has 120 valence electrons. The molecule has 0 fully saturated rings. The van der Waals surface area contributed by atoms with Crippen LogP contribution in [0.5, 0.6) is 11.5 Å². The summed E-state index contributed by atoms with van der Waals surface area (Å²) in [6.07, 6.45) is 2.88. The first-order valence-corrected chi connectivity index (χ1v) is 7.07. The topological polar surface area (TPSA) is 47.6 Å². The Morgan fingerprint density at radius 1 is 1.13 bits per heavy atom. The summed E-state index contributed by atoms with van der Waals surface area (Å²) in [7, 11) is 3.07. The van der Waals surface area contributed by atoms with Crippen molar-refractivity contribution in [2.45, 2.75) is 0 Å². The molecule has 0 aromatic heterocycles. The lowest BCUT2D eigenvalue weighted by Gasteiger charge is -2.07. The predicted molar refractivity (Wildman–Crippen MR) is 88.6 cm³/mol. The van der Waals surface area contributed by atoms with Crippen molar-refractivity contribution in [3.05, 3.63) is 58.9 Å². The molecule has 4 nitrogen and oxygen atoms in total. The molecule has 2 aromatic rings. The van der Waals surface area contributed by atoms with E-state index in [0.29, 0.717) is 16.5 Å². The molecule has 0 atom stereocenters. The summed E-state index contributed by atoms with van der Waals surface area (Å²) in [5.74, 6) is 0.120. The summed E-state index contributed by atoms with van der Waals surface area (Å²) in [6.45, 7) is 0. The second-order valence-electron chi connectivity index (χ2n) is 4.56. The van der Waals surface area contributed by atoms with Crippen LogP contribution in [0, 0.1) is 5.82 Å². The van der Waals surface area contributed by atoms with Gasteiger partial charge in [-0.05, 0) is 42.0 Å². The lowest BCUT2D eigenvalue weighted by Crippen LogP contribution is -2.09. The fraction of sp³-hybridized carbons (Fsp3) is 0.118. The highest BCUT2D eigenvalue weighted by Gasteiger charge is 2.06. The van der Waals surface area contributed by atoms with Gasteiger partial charge in [-0.3, -0.25) is 4.79 Å². The summed E-state index contributed by atoms with van der Waals surface area (Å²) in [6, 6.07) is 9.17. The number of amides is 1. The second kappa shape index (κ2) is 7.65. The molecule has 0 aliphatic heterocycles. The van der Waals surface area contributed by atoms with Crippen molar-refractivity contribution in [1.29, 1.82) is 0 Å². The van der Waals surface area contributed by atoms with Gasteiger partial charge in [0.05, 0.1) is 19.9 Å². The Balaban J connectivity index is 2.10. The van der Waals surface area contributed by atoms with Gasteiger partial charge in [0.25, 0.3) is 0 Å². The van der Waals surface area contributed by atoms with Gasteiger partial charge >= 0.3 is 0 Å². The van der Waals surface area contributed by atoms with E-state index in [2.05, 4.69) is 5.32 Å². The second-order valence-corrected chi connectivity index (χ2v) is 5.00. The van der Waals surface area contributed by atoms with Gasteiger partial charge < -0.3 is 14.8 Å². The third-order valence-electron chi connectivity index (χ3n) is 3.02. The number of carbonyl (C=O) groups is 1. The quantitative estimate of drug-likeness (QED) is 0.835. The molecule has 2 rings (SSSR count). The van der Waals surface area contributed by atoms with Gasteiger partial charge in [-0.15, -0.1) is 0 Å². The van der Waals surface area contributed by atoms with Crippen LogP contribution in [0.15, 0.2) is 42.5 Å². The van der Waals surface area contributed by atoms with Gasteiger partial charge in [-0.2, -0.15) is 0 Å². The van der Waals surface area contributed by atoms with Crippen LogP contribution < -0.4 is 14.8 Å². The highest BCUT2D eigenvalue weighted by molar-refractivity contribution is 6.30. The van der Waals surface area contributed by atoms with E-state index in [0.717, 1.165) is 5.56 Å². The minimum Gasteiger partial charge on any atom is -0.493 e. The molecule has 6 heteroatoms. The monoisotopic (exact) mass is 335 g/mol. The van der Waals surface area contributed by atoms with Gasteiger partial charge in [0.1, 0.15) is 5.82 Å². The molecule has 0 aliphatic carbocycles.